The summed E-state index contributed by atoms with van der Waals surface area (Å²) in [6.07, 6.45) is 4.98. The van der Waals surface area contributed by atoms with Crippen LogP contribution < -0.4 is 15.5 Å². The molecule has 0 atom stereocenters. The van der Waals surface area contributed by atoms with E-state index in [0.717, 1.165) is 10.9 Å². The Bertz CT molecular complexity index is 1460. The molecule has 4 aromatic rings. The van der Waals surface area contributed by atoms with Gasteiger partial charge in [0.05, 0.1) is 36.2 Å². The number of hydrogen-bond acceptors (Lipinski definition) is 8. The van der Waals surface area contributed by atoms with Gasteiger partial charge < -0.3 is 25.2 Å². The van der Waals surface area contributed by atoms with E-state index < -0.39 is 0 Å². The van der Waals surface area contributed by atoms with Gasteiger partial charge in [-0.25, -0.2) is 9.37 Å². The smallest absolute Gasteiger partial charge is 0.248 e. The molecule has 3 heterocycles. The second kappa shape index (κ2) is 11.4. The van der Waals surface area contributed by atoms with Crippen LogP contribution >= 0.6 is 0 Å². The number of carbonyl (C=O) groups is 1. The molecule has 1 aliphatic heterocycles. The van der Waals surface area contributed by atoms with E-state index in [1.165, 1.54) is 12.1 Å². The Morgan fingerprint density at radius 3 is 2.82 bits per heavy atom. The number of aromatic amines is 1. The Morgan fingerprint density at radius 1 is 1.16 bits per heavy atom. The fourth-order valence-electron chi connectivity index (χ4n) is 4.18. The van der Waals surface area contributed by atoms with Crippen molar-refractivity contribution >= 4 is 40.0 Å². The first kappa shape index (κ1) is 25.3. The van der Waals surface area contributed by atoms with Crippen molar-refractivity contribution in [3.63, 3.8) is 0 Å². The van der Waals surface area contributed by atoms with Crippen LogP contribution in [0.4, 0.5) is 27.4 Å². The zero-order chi connectivity index (χ0) is 26.5. The highest BCUT2D eigenvalue weighted by Gasteiger charge is 2.17. The molecule has 2 aromatic heterocycles. The molecule has 38 heavy (non-hydrogen) atoms. The normalized spacial score (nSPS) is 13.9. The van der Waals surface area contributed by atoms with E-state index in [9.17, 15) is 9.18 Å². The highest BCUT2D eigenvalue weighted by atomic mass is 19.1. The fourth-order valence-corrected chi connectivity index (χ4v) is 4.18. The van der Waals surface area contributed by atoms with Crippen LogP contribution in [0.15, 0.2) is 60.8 Å². The Labute approximate surface area is 219 Å². The van der Waals surface area contributed by atoms with Crippen molar-refractivity contribution in [2.45, 2.75) is 0 Å². The number of benzene rings is 2. The number of halogens is 1. The molecule has 1 aliphatic rings. The molecule has 11 heteroatoms. The number of nitrogens with one attached hydrogen (secondary N) is 3. The number of likely N-dealkylation sites (N-methyl/N-ethyl adjacent to an activating group) is 1. The lowest BCUT2D eigenvalue weighted by molar-refractivity contribution is -0.111. The number of nitrogens with zero attached hydrogens (tertiary/aromatic N) is 5. The van der Waals surface area contributed by atoms with Crippen LogP contribution in [0.1, 0.15) is 0 Å². The summed E-state index contributed by atoms with van der Waals surface area (Å²) in [7, 11) is 3.87. The second-order valence-corrected chi connectivity index (χ2v) is 9.15. The lowest BCUT2D eigenvalue weighted by Gasteiger charge is -2.29. The van der Waals surface area contributed by atoms with Crippen molar-refractivity contribution in [2.24, 2.45) is 0 Å². The maximum Gasteiger partial charge on any atom is 0.248 e. The maximum atomic E-state index is 14.6. The van der Waals surface area contributed by atoms with Crippen molar-refractivity contribution in [1.29, 1.82) is 0 Å². The third kappa shape index (κ3) is 5.96. The van der Waals surface area contributed by atoms with Crippen molar-refractivity contribution in [2.75, 3.05) is 62.5 Å². The SMILES string of the molecule is CN(C)C/C=C/C(=O)Nc1cccc(-c2nc(Nc3ccc(F)c(N4CCOCC4)c3)nc3[nH]ncc23)c1. The predicted molar refractivity (Wildman–Crippen MR) is 146 cm³/mol. The molecule has 10 nitrogen and oxygen atoms in total. The average Bonchev–Trinajstić information content (AvgIpc) is 3.38. The average molecular weight is 517 g/mol. The molecule has 1 saturated heterocycles. The molecule has 0 aliphatic carbocycles. The van der Waals surface area contributed by atoms with Gasteiger partial charge in [0.15, 0.2) is 5.65 Å². The Balaban J connectivity index is 1.41. The van der Waals surface area contributed by atoms with Crippen LogP contribution in [-0.2, 0) is 9.53 Å². The van der Waals surface area contributed by atoms with Crippen molar-refractivity contribution in [3.05, 3.63) is 66.6 Å². The quantitative estimate of drug-likeness (QED) is 0.303. The molecular weight excluding hydrogens is 487 g/mol. The number of H-pyrrole nitrogens is 1. The van der Waals surface area contributed by atoms with Crippen LogP contribution in [0.25, 0.3) is 22.3 Å². The minimum Gasteiger partial charge on any atom is -0.378 e. The molecule has 5 rings (SSSR count). The number of rotatable bonds is 8. The fraction of sp³-hybridized carbons (Fsp3) is 0.259. The third-order valence-electron chi connectivity index (χ3n) is 6.01. The van der Waals surface area contributed by atoms with Crippen molar-refractivity contribution in [1.82, 2.24) is 25.1 Å². The van der Waals surface area contributed by atoms with E-state index in [-0.39, 0.29) is 11.7 Å². The van der Waals surface area contributed by atoms with Gasteiger partial charge in [0.25, 0.3) is 0 Å². The zero-order valence-corrected chi connectivity index (χ0v) is 21.2. The molecule has 196 valence electrons. The van der Waals surface area contributed by atoms with Crippen molar-refractivity contribution in [3.8, 4) is 11.3 Å². The summed E-state index contributed by atoms with van der Waals surface area (Å²) >= 11 is 0. The van der Waals surface area contributed by atoms with E-state index in [4.69, 9.17) is 9.72 Å². The molecule has 1 fully saturated rings. The first-order chi connectivity index (χ1) is 18.5. The minimum atomic E-state index is -0.293. The summed E-state index contributed by atoms with van der Waals surface area (Å²) in [4.78, 5) is 25.6. The second-order valence-electron chi connectivity index (χ2n) is 9.15. The number of ether oxygens (including phenoxy) is 1. The zero-order valence-electron chi connectivity index (χ0n) is 21.2. The van der Waals surface area contributed by atoms with Crippen molar-refractivity contribution < 1.29 is 13.9 Å². The number of carbonyl (C=O) groups excluding carboxylic acids is 1. The number of morpholine rings is 1. The summed E-state index contributed by atoms with van der Waals surface area (Å²) in [5.74, 6) is -0.175. The summed E-state index contributed by atoms with van der Waals surface area (Å²) in [5.41, 5.74) is 3.77. The number of hydrogen-bond donors (Lipinski definition) is 3. The van der Waals surface area contributed by atoms with Gasteiger partial charge in [-0.2, -0.15) is 10.1 Å². The first-order valence-corrected chi connectivity index (χ1v) is 12.3. The maximum absolute atomic E-state index is 14.6. The van der Waals surface area contributed by atoms with E-state index in [1.807, 2.05) is 48.2 Å². The summed E-state index contributed by atoms with van der Waals surface area (Å²) in [6, 6.07) is 12.3. The molecule has 0 bridgehead atoms. The summed E-state index contributed by atoms with van der Waals surface area (Å²) in [6.45, 7) is 3.04. The highest BCUT2D eigenvalue weighted by Crippen LogP contribution is 2.30. The van der Waals surface area contributed by atoms with E-state index >= 15 is 0 Å². The van der Waals surface area contributed by atoms with Crippen LogP contribution in [0, 0.1) is 5.82 Å². The summed E-state index contributed by atoms with van der Waals surface area (Å²) < 4.78 is 20.0. The van der Waals surface area contributed by atoms with E-state index in [0.29, 0.717) is 67.2 Å². The molecule has 2 aromatic carbocycles. The lowest BCUT2D eigenvalue weighted by atomic mass is 10.1. The predicted octanol–water partition coefficient (Wildman–Crippen LogP) is 3.80. The van der Waals surface area contributed by atoms with Gasteiger partial charge >= 0.3 is 0 Å². The number of anilines is 4. The number of aromatic nitrogens is 4. The van der Waals surface area contributed by atoms with E-state index in [1.54, 1.807) is 24.4 Å². The number of amides is 1. The Kier molecular flexibility index (Phi) is 7.57. The van der Waals surface area contributed by atoms with Gasteiger partial charge in [-0.15, -0.1) is 0 Å². The van der Waals surface area contributed by atoms with Crippen LogP contribution in [-0.4, -0.2) is 77.9 Å². The molecule has 0 radical (unpaired) electrons. The summed E-state index contributed by atoms with van der Waals surface area (Å²) in [5, 5.41) is 13.9. The largest absolute Gasteiger partial charge is 0.378 e. The van der Waals surface area contributed by atoms with Gasteiger partial charge in [-0.05, 0) is 44.4 Å². The topological polar surface area (TPSA) is 111 Å². The van der Waals surface area contributed by atoms with Gasteiger partial charge in [0, 0.05) is 42.6 Å². The Morgan fingerprint density at radius 2 is 2.00 bits per heavy atom. The lowest BCUT2D eigenvalue weighted by Crippen LogP contribution is -2.36. The molecule has 3 N–H and O–H groups in total. The monoisotopic (exact) mass is 516 g/mol. The molecule has 0 saturated carbocycles. The molecular formula is C27H29FN8O2. The van der Waals surface area contributed by atoms with Crippen LogP contribution in [0.5, 0.6) is 0 Å². The molecule has 0 unspecified atom stereocenters. The Hall–Kier alpha value is -4.35. The van der Waals surface area contributed by atoms with Gasteiger partial charge in [-0.1, -0.05) is 18.2 Å². The van der Waals surface area contributed by atoms with Gasteiger partial charge in [0.1, 0.15) is 5.82 Å². The molecule has 1 amide bonds. The molecule has 0 spiro atoms. The highest BCUT2D eigenvalue weighted by molar-refractivity contribution is 6.00. The third-order valence-corrected chi connectivity index (χ3v) is 6.01. The van der Waals surface area contributed by atoms with Gasteiger partial charge in [-0.3, -0.25) is 9.89 Å². The minimum absolute atomic E-state index is 0.213. The van der Waals surface area contributed by atoms with Gasteiger partial charge in [0.2, 0.25) is 11.9 Å². The van der Waals surface area contributed by atoms with Crippen LogP contribution in [0.3, 0.4) is 0 Å². The number of fused-ring (bicyclic) bond motifs is 1. The standard InChI is InChI=1S/C27H29FN8O2/c1-35(2)10-4-7-24(37)30-19-6-3-5-18(15-19)25-21-17-29-34-26(21)33-27(32-25)31-20-8-9-22(28)23(16-20)36-11-13-38-14-12-36/h3-9,15-17H,10-14H2,1-2H3,(H,30,37)(H2,29,31,32,33,34)/b7-4+. The first-order valence-electron chi connectivity index (χ1n) is 12.3. The van der Waals surface area contributed by atoms with Crippen LogP contribution in [0.2, 0.25) is 0 Å². The van der Waals surface area contributed by atoms with E-state index in [2.05, 4.69) is 25.8 Å².